The van der Waals surface area contributed by atoms with Gasteiger partial charge >= 0.3 is 0 Å². The predicted molar refractivity (Wildman–Crippen MR) is 118 cm³/mol. The molecule has 1 unspecified atom stereocenters. The molecule has 2 aromatic heterocycles. The zero-order valence-electron chi connectivity index (χ0n) is 15.7. The molecule has 28 heavy (non-hydrogen) atoms. The number of nitrogens with zero attached hydrogens (tertiary/aromatic N) is 4. The van der Waals surface area contributed by atoms with E-state index in [4.69, 9.17) is 9.72 Å². The largest absolute Gasteiger partial charge is 0.377 e. The molecule has 146 valence electrons. The fourth-order valence-corrected chi connectivity index (χ4v) is 5.33. The van der Waals surface area contributed by atoms with Gasteiger partial charge in [0.15, 0.2) is 0 Å². The molecule has 0 amide bonds. The molecule has 7 heteroatoms. The molecule has 0 spiro atoms. The number of rotatable bonds is 4. The van der Waals surface area contributed by atoms with E-state index in [0.29, 0.717) is 6.10 Å². The quantitative estimate of drug-likeness (QED) is 0.578. The average Bonchev–Trinajstić information content (AvgIpc) is 3.39. The molecular weight excluding hydrogens is 436 g/mol. The number of thiophene rings is 1. The predicted octanol–water partition coefficient (Wildman–Crippen LogP) is 4.42. The Labute approximate surface area is 177 Å². The van der Waals surface area contributed by atoms with Crippen molar-refractivity contribution in [2.24, 2.45) is 0 Å². The van der Waals surface area contributed by atoms with Crippen molar-refractivity contribution >= 4 is 43.3 Å². The molecule has 0 radical (unpaired) electrons. The van der Waals surface area contributed by atoms with Gasteiger partial charge in [0.2, 0.25) is 0 Å². The number of hydrogen-bond acceptors (Lipinski definition) is 6. The van der Waals surface area contributed by atoms with E-state index in [9.17, 15) is 0 Å². The number of hydrogen-bond donors (Lipinski definition) is 0. The van der Waals surface area contributed by atoms with Crippen LogP contribution in [-0.4, -0.2) is 60.3 Å². The Morgan fingerprint density at radius 2 is 1.93 bits per heavy atom. The highest BCUT2D eigenvalue weighted by molar-refractivity contribution is 9.10. The van der Waals surface area contributed by atoms with Crippen LogP contribution in [0.5, 0.6) is 0 Å². The fourth-order valence-electron chi connectivity index (χ4n) is 4.16. The van der Waals surface area contributed by atoms with Crippen molar-refractivity contribution in [3.63, 3.8) is 0 Å². The van der Waals surface area contributed by atoms with Crippen molar-refractivity contribution in [2.45, 2.75) is 18.9 Å². The van der Waals surface area contributed by atoms with E-state index in [1.54, 1.807) is 17.7 Å². The van der Waals surface area contributed by atoms with Crippen molar-refractivity contribution in [3.8, 4) is 11.1 Å². The van der Waals surface area contributed by atoms with Gasteiger partial charge in [0.25, 0.3) is 0 Å². The fraction of sp³-hybridized carbons (Fsp3) is 0.429. The molecule has 3 aromatic rings. The standard InChI is InChI=1S/C21H23BrN4OS/c22-16-5-3-15(4-6-16)18-13-28-21-19(18)20(23-14-24-21)26-9-7-25(8-10-26)12-17-2-1-11-27-17/h3-6,13-14,17H,1-2,7-12H2. The first-order valence-corrected chi connectivity index (χ1v) is 11.5. The van der Waals surface area contributed by atoms with Gasteiger partial charge in [0, 0.05) is 54.7 Å². The van der Waals surface area contributed by atoms with Crippen LogP contribution in [0.25, 0.3) is 21.3 Å². The lowest BCUT2D eigenvalue weighted by molar-refractivity contribution is 0.0712. The number of piperazine rings is 1. The SMILES string of the molecule is Brc1ccc(-c2csc3ncnc(N4CCN(CC5CCCO5)CC4)c23)cc1. The molecule has 5 nitrogen and oxygen atoms in total. The van der Waals surface area contributed by atoms with Crippen LogP contribution >= 0.6 is 27.3 Å². The highest BCUT2D eigenvalue weighted by Crippen LogP contribution is 2.38. The summed E-state index contributed by atoms with van der Waals surface area (Å²) in [5, 5.41) is 3.39. The number of fused-ring (bicyclic) bond motifs is 1. The molecule has 0 saturated carbocycles. The van der Waals surface area contributed by atoms with Gasteiger partial charge in [-0.25, -0.2) is 9.97 Å². The summed E-state index contributed by atoms with van der Waals surface area (Å²) in [7, 11) is 0. The van der Waals surface area contributed by atoms with Crippen molar-refractivity contribution in [2.75, 3.05) is 44.2 Å². The highest BCUT2D eigenvalue weighted by Gasteiger charge is 2.25. The number of anilines is 1. The van der Waals surface area contributed by atoms with Crippen molar-refractivity contribution in [1.82, 2.24) is 14.9 Å². The van der Waals surface area contributed by atoms with Gasteiger partial charge in [-0.2, -0.15) is 0 Å². The Bertz CT molecular complexity index is 947. The van der Waals surface area contributed by atoms with E-state index in [-0.39, 0.29) is 0 Å². The molecule has 0 bridgehead atoms. The summed E-state index contributed by atoms with van der Waals surface area (Å²) < 4.78 is 6.90. The van der Waals surface area contributed by atoms with Crippen molar-refractivity contribution in [1.29, 1.82) is 0 Å². The molecule has 1 atom stereocenters. The normalized spacial score (nSPS) is 20.9. The molecule has 2 aliphatic rings. The number of aromatic nitrogens is 2. The van der Waals surface area contributed by atoms with Crippen LogP contribution in [0.1, 0.15) is 12.8 Å². The molecule has 1 aromatic carbocycles. The van der Waals surface area contributed by atoms with Gasteiger partial charge in [-0.15, -0.1) is 11.3 Å². The number of ether oxygens (including phenoxy) is 1. The lowest BCUT2D eigenvalue weighted by Crippen LogP contribution is -2.48. The summed E-state index contributed by atoms with van der Waals surface area (Å²) in [5.74, 6) is 1.07. The lowest BCUT2D eigenvalue weighted by atomic mass is 10.1. The lowest BCUT2D eigenvalue weighted by Gasteiger charge is -2.36. The molecule has 2 saturated heterocycles. The molecule has 0 aliphatic carbocycles. The highest BCUT2D eigenvalue weighted by atomic mass is 79.9. The third-order valence-corrected chi connectivity index (χ3v) is 7.08. The van der Waals surface area contributed by atoms with Crippen molar-refractivity contribution < 1.29 is 4.74 Å². The summed E-state index contributed by atoms with van der Waals surface area (Å²) in [6.45, 7) is 6.10. The average molecular weight is 459 g/mol. The van der Waals surface area contributed by atoms with Gasteiger partial charge in [0.1, 0.15) is 17.0 Å². The maximum absolute atomic E-state index is 5.81. The number of benzene rings is 1. The van der Waals surface area contributed by atoms with E-state index >= 15 is 0 Å². The summed E-state index contributed by atoms with van der Waals surface area (Å²) >= 11 is 5.22. The van der Waals surface area contributed by atoms with Crippen LogP contribution in [0.4, 0.5) is 5.82 Å². The molecule has 2 aliphatic heterocycles. The second kappa shape index (κ2) is 8.06. The van der Waals surface area contributed by atoms with Gasteiger partial charge < -0.3 is 9.64 Å². The Morgan fingerprint density at radius 3 is 2.68 bits per heavy atom. The van der Waals surface area contributed by atoms with E-state index < -0.39 is 0 Å². The van der Waals surface area contributed by atoms with Gasteiger partial charge in [-0.05, 0) is 30.5 Å². The zero-order chi connectivity index (χ0) is 18.9. The van der Waals surface area contributed by atoms with Crippen LogP contribution in [0.3, 0.4) is 0 Å². The van der Waals surface area contributed by atoms with E-state index in [1.165, 1.54) is 29.4 Å². The first-order valence-electron chi connectivity index (χ1n) is 9.85. The van der Waals surface area contributed by atoms with E-state index in [1.807, 2.05) is 0 Å². The third kappa shape index (κ3) is 3.68. The minimum atomic E-state index is 0.429. The van der Waals surface area contributed by atoms with E-state index in [2.05, 4.69) is 60.4 Å². The maximum Gasteiger partial charge on any atom is 0.141 e. The molecule has 0 N–H and O–H groups in total. The smallest absolute Gasteiger partial charge is 0.141 e. The maximum atomic E-state index is 5.81. The minimum absolute atomic E-state index is 0.429. The second-order valence-corrected chi connectivity index (χ2v) is 9.23. The first kappa shape index (κ1) is 18.5. The summed E-state index contributed by atoms with van der Waals surface area (Å²) in [5.41, 5.74) is 2.44. The van der Waals surface area contributed by atoms with Crippen molar-refractivity contribution in [3.05, 3.63) is 40.4 Å². The molecule has 2 fully saturated rings. The second-order valence-electron chi connectivity index (χ2n) is 7.46. The first-order chi connectivity index (χ1) is 13.8. The van der Waals surface area contributed by atoms with Crippen LogP contribution in [0, 0.1) is 0 Å². The Hall–Kier alpha value is -1.54. The zero-order valence-corrected chi connectivity index (χ0v) is 18.1. The van der Waals surface area contributed by atoms with Crippen LogP contribution in [0.2, 0.25) is 0 Å². The number of halogens is 1. The van der Waals surface area contributed by atoms with Gasteiger partial charge in [-0.3, -0.25) is 4.90 Å². The topological polar surface area (TPSA) is 41.5 Å². The molecule has 5 rings (SSSR count). The Morgan fingerprint density at radius 1 is 1.11 bits per heavy atom. The van der Waals surface area contributed by atoms with Gasteiger partial charge in [-0.1, -0.05) is 28.1 Å². The van der Waals surface area contributed by atoms with E-state index in [0.717, 1.165) is 54.5 Å². The van der Waals surface area contributed by atoms with Crippen LogP contribution < -0.4 is 4.90 Å². The molecular formula is C21H23BrN4OS. The van der Waals surface area contributed by atoms with Gasteiger partial charge in [0.05, 0.1) is 11.5 Å². The summed E-state index contributed by atoms with van der Waals surface area (Å²) in [6.07, 6.45) is 4.55. The third-order valence-electron chi connectivity index (χ3n) is 5.66. The molecule has 4 heterocycles. The Kier molecular flexibility index (Phi) is 5.32. The summed E-state index contributed by atoms with van der Waals surface area (Å²) in [4.78, 5) is 15.2. The van der Waals surface area contributed by atoms with Crippen LogP contribution in [0.15, 0.2) is 40.4 Å². The van der Waals surface area contributed by atoms with Crippen LogP contribution in [-0.2, 0) is 4.74 Å². The Balaban J connectivity index is 1.39. The summed E-state index contributed by atoms with van der Waals surface area (Å²) in [6, 6.07) is 8.49. The monoisotopic (exact) mass is 458 g/mol. The minimum Gasteiger partial charge on any atom is -0.377 e.